The second-order valence-electron chi connectivity index (χ2n) is 7.12. The van der Waals surface area contributed by atoms with Crippen molar-refractivity contribution in [1.29, 1.82) is 0 Å². The Balaban J connectivity index is 1.67. The van der Waals surface area contributed by atoms with Crippen molar-refractivity contribution < 1.29 is 4.79 Å². The molecule has 1 saturated heterocycles. The molecule has 4 nitrogen and oxygen atoms in total. The van der Waals surface area contributed by atoms with Gasteiger partial charge in [-0.05, 0) is 44.6 Å². The molecule has 3 rings (SSSR count). The van der Waals surface area contributed by atoms with Crippen molar-refractivity contribution in [2.24, 2.45) is 5.73 Å². The average Bonchev–Trinajstić information content (AvgIpc) is 3.40. The van der Waals surface area contributed by atoms with Crippen LogP contribution in [0.1, 0.15) is 44.6 Å². The summed E-state index contributed by atoms with van der Waals surface area (Å²) in [6, 6.07) is 11.3. The molecule has 0 unspecified atom stereocenters. The number of piperidine rings is 1. The minimum absolute atomic E-state index is 0.116. The van der Waals surface area contributed by atoms with Gasteiger partial charge in [0.2, 0.25) is 5.91 Å². The number of hydrogen-bond donors (Lipinski definition) is 1. The second kappa shape index (κ2) is 7.45. The summed E-state index contributed by atoms with van der Waals surface area (Å²) in [5, 5.41) is 0. The number of nitrogens with zero attached hydrogens (tertiary/aromatic N) is 2. The van der Waals surface area contributed by atoms with Gasteiger partial charge < -0.3 is 10.6 Å². The Morgan fingerprint density at radius 3 is 2.65 bits per heavy atom. The van der Waals surface area contributed by atoms with Gasteiger partial charge in [0.15, 0.2) is 0 Å². The molecule has 0 radical (unpaired) electrons. The third-order valence-electron chi connectivity index (χ3n) is 5.04. The van der Waals surface area contributed by atoms with Crippen LogP contribution in [0.2, 0.25) is 0 Å². The maximum Gasteiger partial charge on any atom is 0.239 e. The number of amides is 1. The van der Waals surface area contributed by atoms with Gasteiger partial charge in [-0.2, -0.15) is 0 Å². The Labute approximate surface area is 139 Å². The van der Waals surface area contributed by atoms with Crippen LogP contribution in [0.5, 0.6) is 0 Å². The minimum Gasteiger partial charge on any atom is -0.337 e. The highest BCUT2D eigenvalue weighted by Crippen LogP contribution is 2.30. The highest BCUT2D eigenvalue weighted by Gasteiger charge is 2.34. The summed E-state index contributed by atoms with van der Waals surface area (Å²) in [5.41, 5.74) is 7.21. The van der Waals surface area contributed by atoms with E-state index in [0.29, 0.717) is 12.1 Å². The molecular weight excluding hydrogens is 286 g/mol. The van der Waals surface area contributed by atoms with Gasteiger partial charge in [-0.3, -0.25) is 9.69 Å². The quantitative estimate of drug-likeness (QED) is 0.877. The Hall–Kier alpha value is -1.39. The van der Waals surface area contributed by atoms with Crippen LogP contribution in [0.25, 0.3) is 0 Å². The lowest BCUT2D eigenvalue weighted by Gasteiger charge is -2.39. The molecule has 1 aromatic rings. The van der Waals surface area contributed by atoms with Gasteiger partial charge in [0.1, 0.15) is 0 Å². The smallest absolute Gasteiger partial charge is 0.239 e. The molecule has 2 aliphatic rings. The van der Waals surface area contributed by atoms with Crippen LogP contribution in [0.15, 0.2) is 30.3 Å². The van der Waals surface area contributed by atoms with Crippen molar-refractivity contribution in [3.05, 3.63) is 35.9 Å². The molecule has 2 atom stereocenters. The molecule has 2 fully saturated rings. The first-order chi connectivity index (χ1) is 11.1. The van der Waals surface area contributed by atoms with Crippen molar-refractivity contribution in [3.8, 4) is 0 Å². The number of carbonyl (C=O) groups excluding carboxylic acids is 1. The number of benzene rings is 1. The van der Waals surface area contributed by atoms with E-state index < -0.39 is 0 Å². The van der Waals surface area contributed by atoms with Crippen LogP contribution in [-0.4, -0.2) is 46.9 Å². The fourth-order valence-electron chi connectivity index (χ4n) is 3.61. The number of carbonyl (C=O) groups is 1. The van der Waals surface area contributed by atoms with Gasteiger partial charge in [-0.1, -0.05) is 30.3 Å². The van der Waals surface area contributed by atoms with E-state index in [1.807, 2.05) is 0 Å². The van der Waals surface area contributed by atoms with Crippen LogP contribution in [0.4, 0.5) is 0 Å². The molecule has 2 N–H and O–H groups in total. The first kappa shape index (κ1) is 16.5. The molecule has 1 aliphatic heterocycles. The molecule has 1 aliphatic carbocycles. The lowest BCUT2D eigenvalue weighted by Crippen LogP contribution is -2.53. The molecule has 0 bridgehead atoms. The average molecular weight is 315 g/mol. The third kappa shape index (κ3) is 4.33. The third-order valence-corrected chi connectivity index (χ3v) is 5.04. The van der Waals surface area contributed by atoms with Crippen LogP contribution in [-0.2, 0) is 11.3 Å². The predicted octanol–water partition coefficient (Wildman–Crippen LogP) is 2.38. The van der Waals surface area contributed by atoms with Crippen LogP contribution in [0, 0.1) is 0 Å². The molecule has 1 amide bonds. The summed E-state index contributed by atoms with van der Waals surface area (Å²) in [6.07, 6.45) is 6.02. The number of hydrogen-bond acceptors (Lipinski definition) is 3. The Morgan fingerprint density at radius 2 is 2.00 bits per heavy atom. The van der Waals surface area contributed by atoms with E-state index >= 15 is 0 Å². The summed E-state index contributed by atoms with van der Waals surface area (Å²) in [7, 11) is 0. The molecule has 4 heteroatoms. The van der Waals surface area contributed by atoms with Crippen molar-refractivity contribution in [1.82, 2.24) is 9.80 Å². The highest BCUT2D eigenvalue weighted by atomic mass is 16.2. The van der Waals surface area contributed by atoms with E-state index in [2.05, 4.69) is 40.1 Å². The van der Waals surface area contributed by atoms with E-state index in [4.69, 9.17) is 5.73 Å². The maximum absolute atomic E-state index is 12.4. The van der Waals surface area contributed by atoms with Crippen molar-refractivity contribution >= 4 is 5.91 Å². The zero-order chi connectivity index (χ0) is 16.2. The molecule has 0 spiro atoms. The number of nitrogens with two attached hydrogens (primary N) is 1. The fourth-order valence-corrected chi connectivity index (χ4v) is 3.61. The van der Waals surface area contributed by atoms with Gasteiger partial charge in [0.05, 0.1) is 6.04 Å². The van der Waals surface area contributed by atoms with E-state index in [0.717, 1.165) is 32.5 Å². The zero-order valence-electron chi connectivity index (χ0n) is 14.2. The summed E-state index contributed by atoms with van der Waals surface area (Å²) in [4.78, 5) is 17.0. The van der Waals surface area contributed by atoms with Crippen LogP contribution < -0.4 is 5.73 Å². The molecule has 126 valence electrons. The van der Waals surface area contributed by atoms with E-state index in [1.165, 1.54) is 24.8 Å². The largest absolute Gasteiger partial charge is 0.337 e. The maximum atomic E-state index is 12.4. The number of likely N-dealkylation sites (tertiary alicyclic amines) is 1. The zero-order valence-corrected chi connectivity index (χ0v) is 14.2. The Bertz CT molecular complexity index is 513. The highest BCUT2D eigenvalue weighted by molar-refractivity contribution is 5.81. The second-order valence-corrected chi connectivity index (χ2v) is 7.12. The minimum atomic E-state index is -0.390. The topological polar surface area (TPSA) is 49.6 Å². The first-order valence-corrected chi connectivity index (χ1v) is 8.99. The van der Waals surface area contributed by atoms with Gasteiger partial charge in [-0.25, -0.2) is 0 Å². The summed E-state index contributed by atoms with van der Waals surface area (Å²) in [5.74, 6) is 0.116. The lowest BCUT2D eigenvalue weighted by molar-refractivity contribution is -0.136. The number of rotatable bonds is 6. The molecular formula is C19H29N3O. The van der Waals surface area contributed by atoms with E-state index in [1.54, 1.807) is 6.92 Å². The molecule has 0 aromatic heterocycles. The molecule has 1 aromatic carbocycles. The van der Waals surface area contributed by atoms with Gasteiger partial charge in [-0.15, -0.1) is 0 Å². The summed E-state index contributed by atoms with van der Waals surface area (Å²) in [6.45, 7) is 4.64. The molecule has 23 heavy (non-hydrogen) atoms. The summed E-state index contributed by atoms with van der Waals surface area (Å²) < 4.78 is 0. The molecule has 1 heterocycles. The SMILES string of the molecule is C[C@H](N)C(=O)N1CCCC[C@@H]1CN(Cc1ccccc1)C1CC1. The Kier molecular flexibility index (Phi) is 5.34. The lowest BCUT2D eigenvalue weighted by atomic mass is 10.00. The van der Waals surface area contributed by atoms with Crippen LogP contribution >= 0.6 is 0 Å². The predicted molar refractivity (Wildman–Crippen MR) is 92.9 cm³/mol. The van der Waals surface area contributed by atoms with Crippen molar-refractivity contribution in [2.45, 2.75) is 63.7 Å². The first-order valence-electron chi connectivity index (χ1n) is 8.99. The normalized spacial score (nSPS) is 23.1. The standard InChI is InChI=1S/C19H29N3O/c1-15(20)19(23)22-12-6-5-9-18(22)14-21(17-10-11-17)13-16-7-3-2-4-8-16/h2-4,7-8,15,17-18H,5-6,9-14,20H2,1H3/t15-,18+/m0/s1. The summed E-state index contributed by atoms with van der Waals surface area (Å²) >= 11 is 0. The fraction of sp³-hybridized carbons (Fsp3) is 0.632. The van der Waals surface area contributed by atoms with E-state index in [9.17, 15) is 4.79 Å². The van der Waals surface area contributed by atoms with Crippen molar-refractivity contribution in [3.63, 3.8) is 0 Å². The van der Waals surface area contributed by atoms with E-state index in [-0.39, 0.29) is 11.9 Å². The van der Waals surface area contributed by atoms with Crippen LogP contribution in [0.3, 0.4) is 0 Å². The van der Waals surface area contributed by atoms with Gasteiger partial charge in [0, 0.05) is 31.7 Å². The Morgan fingerprint density at radius 1 is 1.26 bits per heavy atom. The monoisotopic (exact) mass is 315 g/mol. The molecule has 1 saturated carbocycles. The van der Waals surface area contributed by atoms with Gasteiger partial charge in [0.25, 0.3) is 0 Å². The van der Waals surface area contributed by atoms with Gasteiger partial charge >= 0.3 is 0 Å². The van der Waals surface area contributed by atoms with Crippen molar-refractivity contribution in [2.75, 3.05) is 13.1 Å².